The molecule has 0 aliphatic carbocycles. The molecule has 1 atom stereocenters. The molecule has 0 unspecified atom stereocenters. The maximum Gasteiger partial charge on any atom is 0.325 e. The summed E-state index contributed by atoms with van der Waals surface area (Å²) in [4.78, 5) is 26.9. The highest BCUT2D eigenvalue weighted by Gasteiger charge is 2.47. The average Bonchev–Trinajstić information content (AvgIpc) is 2.91. The number of rotatable bonds is 5. The maximum absolute atomic E-state index is 13.0. The van der Waals surface area contributed by atoms with Crippen molar-refractivity contribution in [3.63, 3.8) is 0 Å². The van der Waals surface area contributed by atoms with E-state index in [9.17, 15) is 9.59 Å². The molecule has 1 saturated heterocycles. The molecule has 1 fully saturated rings. The zero-order chi connectivity index (χ0) is 18.9. The number of benzene rings is 3. The Morgan fingerprint density at radius 2 is 1.59 bits per heavy atom. The van der Waals surface area contributed by atoms with Gasteiger partial charge in [0.1, 0.15) is 5.54 Å². The van der Waals surface area contributed by atoms with Crippen molar-refractivity contribution >= 4 is 22.7 Å². The van der Waals surface area contributed by atoms with Crippen LogP contribution < -0.4 is 5.32 Å². The van der Waals surface area contributed by atoms with E-state index in [2.05, 4.69) is 5.32 Å². The Bertz CT molecular complexity index is 994. The van der Waals surface area contributed by atoms with E-state index >= 15 is 0 Å². The van der Waals surface area contributed by atoms with Crippen LogP contribution in [0.4, 0.5) is 4.79 Å². The highest BCUT2D eigenvalue weighted by molar-refractivity contribution is 6.07. The summed E-state index contributed by atoms with van der Waals surface area (Å²) in [6.45, 7) is 2.10. The minimum Gasteiger partial charge on any atom is -0.323 e. The molecule has 1 heterocycles. The Morgan fingerprint density at radius 1 is 0.889 bits per heavy atom. The zero-order valence-electron chi connectivity index (χ0n) is 15.3. The van der Waals surface area contributed by atoms with Crippen molar-refractivity contribution in [2.75, 3.05) is 0 Å². The third-order valence-electron chi connectivity index (χ3n) is 5.31. The van der Waals surface area contributed by atoms with Crippen molar-refractivity contribution in [3.8, 4) is 0 Å². The summed E-state index contributed by atoms with van der Waals surface area (Å²) in [6.07, 6.45) is 1.32. The number of aryl methyl sites for hydroxylation is 1. The van der Waals surface area contributed by atoms with Crippen molar-refractivity contribution in [2.45, 2.75) is 31.8 Å². The van der Waals surface area contributed by atoms with Gasteiger partial charge in [0.2, 0.25) is 0 Å². The van der Waals surface area contributed by atoms with E-state index in [-0.39, 0.29) is 18.5 Å². The van der Waals surface area contributed by atoms with Crippen LogP contribution in [-0.2, 0) is 17.8 Å². The van der Waals surface area contributed by atoms with Crippen molar-refractivity contribution in [1.29, 1.82) is 0 Å². The summed E-state index contributed by atoms with van der Waals surface area (Å²) in [5.74, 6) is -0.156. The molecule has 1 aliphatic rings. The highest BCUT2D eigenvalue weighted by atomic mass is 16.2. The van der Waals surface area contributed by atoms with Gasteiger partial charge >= 0.3 is 6.03 Å². The first-order valence-corrected chi connectivity index (χ1v) is 9.21. The molecule has 0 saturated carbocycles. The van der Waals surface area contributed by atoms with Gasteiger partial charge in [-0.1, -0.05) is 72.8 Å². The monoisotopic (exact) mass is 358 g/mol. The number of nitrogens with zero attached hydrogens (tertiary/aromatic N) is 1. The Morgan fingerprint density at radius 3 is 2.41 bits per heavy atom. The number of hydrogen-bond donors (Lipinski definition) is 1. The van der Waals surface area contributed by atoms with Gasteiger partial charge in [-0.15, -0.1) is 0 Å². The molecule has 3 aromatic carbocycles. The summed E-state index contributed by atoms with van der Waals surface area (Å²) in [7, 11) is 0. The van der Waals surface area contributed by atoms with E-state index in [0.29, 0.717) is 6.42 Å². The SMILES string of the molecule is C[C@]1(CCc2ccccc2)NC(=O)N(Cc2cccc3ccccc23)C1=O. The summed E-state index contributed by atoms with van der Waals surface area (Å²) in [5.41, 5.74) is 1.27. The number of imide groups is 1. The Hall–Kier alpha value is -3.14. The largest absolute Gasteiger partial charge is 0.325 e. The summed E-state index contributed by atoms with van der Waals surface area (Å²) < 4.78 is 0. The minimum absolute atomic E-state index is 0.156. The molecule has 27 heavy (non-hydrogen) atoms. The molecule has 4 nitrogen and oxygen atoms in total. The van der Waals surface area contributed by atoms with Crippen LogP contribution >= 0.6 is 0 Å². The molecule has 4 heteroatoms. The van der Waals surface area contributed by atoms with E-state index in [1.54, 1.807) is 0 Å². The van der Waals surface area contributed by atoms with Gasteiger partial charge < -0.3 is 5.32 Å². The van der Waals surface area contributed by atoms with Crippen LogP contribution in [-0.4, -0.2) is 22.4 Å². The lowest BCUT2D eigenvalue weighted by Crippen LogP contribution is -2.44. The summed E-state index contributed by atoms with van der Waals surface area (Å²) in [6, 6.07) is 23.7. The number of nitrogens with one attached hydrogen (secondary N) is 1. The van der Waals surface area contributed by atoms with Gasteiger partial charge in [0, 0.05) is 0 Å². The number of carbonyl (C=O) groups excluding carboxylic acids is 2. The van der Waals surface area contributed by atoms with E-state index < -0.39 is 5.54 Å². The number of amides is 3. The average molecular weight is 358 g/mol. The number of fused-ring (bicyclic) bond motifs is 1. The van der Waals surface area contributed by atoms with Gasteiger partial charge in [0.15, 0.2) is 0 Å². The van der Waals surface area contributed by atoms with E-state index in [0.717, 1.165) is 28.3 Å². The molecule has 3 aromatic rings. The molecular weight excluding hydrogens is 336 g/mol. The lowest BCUT2D eigenvalue weighted by molar-refractivity contribution is -0.131. The topological polar surface area (TPSA) is 49.4 Å². The standard InChI is InChI=1S/C23H22N2O2/c1-23(15-14-17-8-3-2-4-9-17)21(26)25(22(27)24-23)16-19-12-7-11-18-10-5-6-13-20(18)19/h2-13H,14-16H2,1H3,(H,24,27)/t23-/m1/s1. The molecule has 4 rings (SSSR count). The molecule has 0 aromatic heterocycles. The number of urea groups is 1. The quantitative estimate of drug-likeness (QED) is 0.692. The molecule has 0 radical (unpaired) electrons. The van der Waals surface area contributed by atoms with Crippen LogP contribution in [0.15, 0.2) is 72.8 Å². The number of hydrogen-bond acceptors (Lipinski definition) is 2. The van der Waals surface area contributed by atoms with E-state index in [1.165, 1.54) is 4.90 Å². The van der Waals surface area contributed by atoms with E-state index in [1.807, 2.05) is 79.7 Å². The Balaban J connectivity index is 1.54. The second-order valence-electron chi connectivity index (χ2n) is 7.28. The third kappa shape index (κ3) is 3.31. The lowest BCUT2D eigenvalue weighted by atomic mass is 9.93. The van der Waals surface area contributed by atoms with Crippen molar-refractivity contribution < 1.29 is 9.59 Å². The van der Waals surface area contributed by atoms with Gasteiger partial charge in [-0.25, -0.2) is 4.79 Å². The van der Waals surface area contributed by atoms with Gasteiger partial charge in [-0.2, -0.15) is 0 Å². The highest BCUT2D eigenvalue weighted by Crippen LogP contribution is 2.27. The predicted octanol–water partition coefficient (Wildman–Crippen LogP) is 4.28. The predicted molar refractivity (Wildman–Crippen MR) is 106 cm³/mol. The molecular formula is C23H22N2O2. The van der Waals surface area contributed by atoms with Crippen LogP contribution in [0.25, 0.3) is 10.8 Å². The molecule has 1 aliphatic heterocycles. The fraction of sp³-hybridized carbons (Fsp3) is 0.217. The lowest BCUT2D eigenvalue weighted by Gasteiger charge is -2.22. The molecule has 0 bridgehead atoms. The fourth-order valence-corrected chi connectivity index (χ4v) is 3.70. The van der Waals surface area contributed by atoms with Crippen LogP contribution in [0.3, 0.4) is 0 Å². The van der Waals surface area contributed by atoms with Crippen LogP contribution in [0.1, 0.15) is 24.5 Å². The van der Waals surface area contributed by atoms with Gasteiger partial charge in [0.25, 0.3) is 5.91 Å². The smallest absolute Gasteiger partial charge is 0.323 e. The normalized spacial score (nSPS) is 19.5. The van der Waals surface area contributed by atoms with Gasteiger partial charge in [-0.3, -0.25) is 9.69 Å². The molecule has 1 N–H and O–H groups in total. The molecule has 0 spiro atoms. The van der Waals surface area contributed by atoms with Crippen LogP contribution in [0.5, 0.6) is 0 Å². The number of carbonyl (C=O) groups is 2. The second kappa shape index (κ2) is 6.88. The molecule has 3 amide bonds. The van der Waals surface area contributed by atoms with Gasteiger partial charge in [0.05, 0.1) is 6.54 Å². The molecule has 136 valence electrons. The minimum atomic E-state index is -0.864. The Kier molecular flexibility index (Phi) is 4.40. The fourth-order valence-electron chi connectivity index (χ4n) is 3.70. The zero-order valence-corrected chi connectivity index (χ0v) is 15.3. The third-order valence-corrected chi connectivity index (χ3v) is 5.31. The van der Waals surface area contributed by atoms with Crippen LogP contribution in [0, 0.1) is 0 Å². The van der Waals surface area contributed by atoms with E-state index in [4.69, 9.17) is 0 Å². The first-order chi connectivity index (χ1) is 13.1. The summed E-state index contributed by atoms with van der Waals surface area (Å²) in [5, 5.41) is 5.08. The maximum atomic E-state index is 13.0. The van der Waals surface area contributed by atoms with Crippen molar-refractivity contribution in [2.24, 2.45) is 0 Å². The van der Waals surface area contributed by atoms with Gasteiger partial charge in [-0.05, 0) is 41.7 Å². The first kappa shape index (κ1) is 17.3. The van der Waals surface area contributed by atoms with Crippen molar-refractivity contribution in [3.05, 3.63) is 83.9 Å². The van der Waals surface area contributed by atoms with Crippen molar-refractivity contribution in [1.82, 2.24) is 10.2 Å². The second-order valence-corrected chi connectivity index (χ2v) is 7.28. The first-order valence-electron chi connectivity index (χ1n) is 9.21. The Labute approximate surface area is 158 Å². The van der Waals surface area contributed by atoms with Crippen LogP contribution in [0.2, 0.25) is 0 Å². The summed E-state index contributed by atoms with van der Waals surface area (Å²) >= 11 is 0.